The van der Waals surface area contributed by atoms with E-state index in [-0.39, 0.29) is 12.5 Å². The van der Waals surface area contributed by atoms with Crippen molar-refractivity contribution in [2.75, 3.05) is 19.7 Å². The van der Waals surface area contributed by atoms with E-state index >= 15 is 0 Å². The van der Waals surface area contributed by atoms with E-state index in [4.69, 9.17) is 5.11 Å². The number of carbonyl (C=O) groups is 1. The Morgan fingerprint density at radius 3 is 1.24 bits per heavy atom. The van der Waals surface area contributed by atoms with E-state index in [2.05, 4.69) is 13.8 Å². The fourth-order valence-corrected chi connectivity index (χ4v) is 5.46. The molecule has 246 valence electrons. The van der Waals surface area contributed by atoms with Gasteiger partial charge in [-0.05, 0) is 12.8 Å². The van der Waals surface area contributed by atoms with Crippen molar-refractivity contribution < 1.29 is 30.3 Å². The Morgan fingerprint density at radius 2 is 0.854 bits per heavy atom. The highest BCUT2D eigenvalue weighted by Gasteiger charge is 2.31. The van der Waals surface area contributed by atoms with Crippen molar-refractivity contribution >= 4 is 5.91 Å². The molecule has 4 atom stereocenters. The number of nitrogens with zero attached hydrogens (tertiary/aromatic N) is 1. The maximum atomic E-state index is 13.0. The van der Waals surface area contributed by atoms with Gasteiger partial charge in [0.05, 0.1) is 6.61 Å². The van der Waals surface area contributed by atoms with Crippen LogP contribution in [0.2, 0.25) is 0 Å². The van der Waals surface area contributed by atoms with Gasteiger partial charge in [0.25, 0.3) is 0 Å². The molecule has 0 saturated heterocycles. The van der Waals surface area contributed by atoms with E-state index in [0.717, 1.165) is 38.5 Å². The zero-order chi connectivity index (χ0) is 30.6. The van der Waals surface area contributed by atoms with Gasteiger partial charge >= 0.3 is 0 Å². The third-order valence-electron chi connectivity index (χ3n) is 8.36. The Kier molecular flexibility index (Phi) is 28.8. The van der Waals surface area contributed by atoms with Gasteiger partial charge in [-0.1, -0.05) is 149 Å². The summed E-state index contributed by atoms with van der Waals surface area (Å²) in [7, 11) is 0. The summed E-state index contributed by atoms with van der Waals surface area (Å²) in [6.45, 7) is 4.19. The zero-order valence-electron chi connectivity index (χ0n) is 27.0. The number of hydrogen-bond acceptors (Lipinski definition) is 6. The quantitative estimate of drug-likeness (QED) is 0.0579. The van der Waals surface area contributed by atoms with Gasteiger partial charge in [-0.25, -0.2) is 0 Å². The normalized spacial score (nSPS) is 14.6. The molecule has 1 amide bonds. The lowest BCUT2D eigenvalue weighted by atomic mass is 10.0. The van der Waals surface area contributed by atoms with E-state index in [1.807, 2.05) is 0 Å². The average molecular weight is 588 g/mol. The van der Waals surface area contributed by atoms with Crippen LogP contribution in [0.1, 0.15) is 168 Å². The maximum absolute atomic E-state index is 13.0. The summed E-state index contributed by atoms with van der Waals surface area (Å²) in [5.74, 6) is -0.0348. The van der Waals surface area contributed by atoms with Gasteiger partial charge in [0.15, 0.2) is 0 Å². The van der Waals surface area contributed by atoms with E-state index in [1.54, 1.807) is 4.90 Å². The van der Waals surface area contributed by atoms with Crippen LogP contribution in [-0.2, 0) is 4.79 Å². The number of unbranched alkanes of at least 4 members (excludes halogenated alkanes) is 21. The number of aliphatic hydroxyl groups is 5. The van der Waals surface area contributed by atoms with E-state index in [1.165, 1.54) is 109 Å². The van der Waals surface area contributed by atoms with E-state index in [9.17, 15) is 25.2 Å². The lowest BCUT2D eigenvalue weighted by molar-refractivity contribution is -0.140. The lowest BCUT2D eigenvalue weighted by Crippen LogP contribution is -2.50. The molecule has 0 unspecified atom stereocenters. The average Bonchev–Trinajstić information content (AvgIpc) is 2.98. The summed E-state index contributed by atoms with van der Waals surface area (Å²) in [6, 6.07) is 0. The SMILES string of the molecule is CCCCCCCCCCCCCCN(C[C@H](O)[C@@H](O)[C@H](O)[C@H](O)CO)C(=O)CCCCCCCCCCCCC. The van der Waals surface area contributed by atoms with Gasteiger partial charge < -0.3 is 30.4 Å². The predicted molar refractivity (Wildman–Crippen MR) is 170 cm³/mol. The topological polar surface area (TPSA) is 121 Å². The molecule has 5 N–H and O–H groups in total. The summed E-state index contributed by atoms with van der Waals surface area (Å²) >= 11 is 0. The Hall–Kier alpha value is -0.730. The summed E-state index contributed by atoms with van der Waals surface area (Å²) in [5.41, 5.74) is 0. The molecule has 0 fully saturated rings. The molecule has 0 aromatic carbocycles. The second kappa shape index (κ2) is 29.3. The zero-order valence-corrected chi connectivity index (χ0v) is 27.0. The molecule has 0 aliphatic carbocycles. The standard InChI is InChI=1S/C34H69NO6/c1-3-5-7-9-11-13-15-17-19-21-23-25-27-35(28-30(37)33(40)34(41)31(38)29-36)32(39)26-24-22-20-18-16-14-12-10-8-6-4-2/h30-31,33-34,36-38,40-41H,3-29H2,1-2H3/t30-,31+,33+,34+/m0/s1. The highest BCUT2D eigenvalue weighted by atomic mass is 16.4. The van der Waals surface area contributed by atoms with Crippen LogP contribution in [0.25, 0.3) is 0 Å². The monoisotopic (exact) mass is 588 g/mol. The second-order valence-corrected chi connectivity index (χ2v) is 12.3. The minimum atomic E-state index is -1.68. The van der Waals surface area contributed by atoms with Crippen molar-refractivity contribution in [2.24, 2.45) is 0 Å². The first-order chi connectivity index (χ1) is 19.9. The Morgan fingerprint density at radius 1 is 0.512 bits per heavy atom. The molecule has 7 nitrogen and oxygen atoms in total. The molecule has 0 aliphatic rings. The van der Waals surface area contributed by atoms with E-state index in [0.29, 0.717) is 13.0 Å². The van der Waals surface area contributed by atoms with Crippen LogP contribution >= 0.6 is 0 Å². The molecule has 0 rings (SSSR count). The number of amides is 1. The number of carbonyl (C=O) groups excluding carboxylic acids is 1. The molecule has 0 bridgehead atoms. The van der Waals surface area contributed by atoms with Crippen molar-refractivity contribution in [3.05, 3.63) is 0 Å². The van der Waals surface area contributed by atoms with Crippen LogP contribution in [0.5, 0.6) is 0 Å². The van der Waals surface area contributed by atoms with Crippen molar-refractivity contribution in [3.63, 3.8) is 0 Å². The highest BCUT2D eigenvalue weighted by molar-refractivity contribution is 5.76. The Labute approximate surface area is 253 Å². The van der Waals surface area contributed by atoms with Crippen LogP contribution in [-0.4, -0.2) is 80.5 Å². The molecule has 0 aromatic heterocycles. The number of rotatable bonds is 31. The molecule has 7 heteroatoms. The highest BCUT2D eigenvalue weighted by Crippen LogP contribution is 2.15. The fraction of sp³-hybridized carbons (Fsp3) is 0.971. The molecule has 41 heavy (non-hydrogen) atoms. The Balaban J connectivity index is 4.38. The first-order valence-electron chi connectivity index (χ1n) is 17.5. The summed E-state index contributed by atoms with van der Waals surface area (Å²) < 4.78 is 0. The van der Waals surface area contributed by atoms with Gasteiger partial charge in [-0.3, -0.25) is 4.79 Å². The number of aliphatic hydroxyl groups excluding tert-OH is 5. The van der Waals surface area contributed by atoms with Crippen LogP contribution in [0, 0.1) is 0 Å². The van der Waals surface area contributed by atoms with Gasteiger partial charge in [0, 0.05) is 19.5 Å². The third-order valence-corrected chi connectivity index (χ3v) is 8.36. The van der Waals surface area contributed by atoms with Crippen LogP contribution in [0.3, 0.4) is 0 Å². The lowest BCUT2D eigenvalue weighted by Gasteiger charge is -2.30. The second-order valence-electron chi connectivity index (χ2n) is 12.3. The van der Waals surface area contributed by atoms with Gasteiger partial charge in [0.1, 0.15) is 24.4 Å². The maximum Gasteiger partial charge on any atom is 0.222 e. The summed E-state index contributed by atoms with van der Waals surface area (Å²) in [4.78, 5) is 14.6. The van der Waals surface area contributed by atoms with E-state index < -0.39 is 31.0 Å². The number of hydrogen-bond donors (Lipinski definition) is 5. The molecule has 0 aromatic rings. The molecule has 0 heterocycles. The van der Waals surface area contributed by atoms with Crippen molar-refractivity contribution in [3.8, 4) is 0 Å². The first-order valence-corrected chi connectivity index (χ1v) is 17.5. The third kappa shape index (κ3) is 23.4. The van der Waals surface area contributed by atoms with Crippen molar-refractivity contribution in [1.82, 2.24) is 4.90 Å². The van der Waals surface area contributed by atoms with Crippen LogP contribution < -0.4 is 0 Å². The van der Waals surface area contributed by atoms with Crippen molar-refractivity contribution in [2.45, 2.75) is 192 Å². The molecule has 0 spiro atoms. The minimum Gasteiger partial charge on any atom is -0.394 e. The predicted octanol–water partition coefficient (Wildman–Crippen LogP) is 6.65. The Bertz CT molecular complexity index is 563. The van der Waals surface area contributed by atoms with Gasteiger partial charge in [-0.15, -0.1) is 0 Å². The van der Waals surface area contributed by atoms with Gasteiger partial charge in [0.2, 0.25) is 5.91 Å². The molecular weight excluding hydrogens is 518 g/mol. The summed E-state index contributed by atoms with van der Waals surface area (Å²) in [6.07, 6.45) is 22.3. The van der Waals surface area contributed by atoms with Crippen molar-refractivity contribution in [1.29, 1.82) is 0 Å². The fourth-order valence-electron chi connectivity index (χ4n) is 5.46. The van der Waals surface area contributed by atoms with Gasteiger partial charge in [-0.2, -0.15) is 0 Å². The largest absolute Gasteiger partial charge is 0.394 e. The van der Waals surface area contributed by atoms with Crippen LogP contribution in [0.15, 0.2) is 0 Å². The minimum absolute atomic E-state index is 0.0348. The molecule has 0 aliphatic heterocycles. The summed E-state index contributed by atoms with van der Waals surface area (Å²) in [5, 5.41) is 49.4. The van der Waals surface area contributed by atoms with Crippen LogP contribution in [0.4, 0.5) is 0 Å². The molecule has 0 saturated carbocycles. The first kappa shape index (κ1) is 40.3. The smallest absolute Gasteiger partial charge is 0.222 e. The molecule has 0 radical (unpaired) electrons. The molecular formula is C34H69NO6.